The van der Waals surface area contributed by atoms with Crippen LogP contribution in [0.1, 0.15) is 46.8 Å². The summed E-state index contributed by atoms with van der Waals surface area (Å²) in [5, 5.41) is 26.1. The first-order valence-electron chi connectivity index (χ1n) is 12.3. The van der Waals surface area contributed by atoms with Crippen LogP contribution >= 0.6 is 0 Å². The van der Waals surface area contributed by atoms with Crippen molar-refractivity contribution >= 4 is 11.7 Å². The zero-order chi connectivity index (χ0) is 26.8. The standard InChI is InChI=1S/C29H32F2N2O4/c1-2-19-4-3-5-20(12-19)17-32-18-28(36)26(15-21-13-23(30)16-24(31)14-21)33-29(37)11-10-27(35)22-6-8-25(34)9-7-22/h3-9,12-14,16,26,28,32,34,36H,2,10-11,15,17-18H2,1H3,(H,33,37)/t26-,28+/m0/s1. The number of phenolic OH excluding ortho intramolecular Hbond substituents is 1. The van der Waals surface area contributed by atoms with Gasteiger partial charge in [-0.25, -0.2) is 8.78 Å². The fraction of sp³-hybridized carbons (Fsp3) is 0.310. The van der Waals surface area contributed by atoms with Gasteiger partial charge in [0.2, 0.25) is 5.91 Å². The molecule has 0 aliphatic heterocycles. The number of aliphatic hydroxyl groups is 1. The smallest absolute Gasteiger partial charge is 0.220 e. The summed E-state index contributed by atoms with van der Waals surface area (Å²) >= 11 is 0. The van der Waals surface area contributed by atoms with Crippen LogP contribution in [0.5, 0.6) is 5.75 Å². The van der Waals surface area contributed by atoms with E-state index in [1.165, 1.54) is 29.8 Å². The van der Waals surface area contributed by atoms with E-state index < -0.39 is 29.7 Å². The van der Waals surface area contributed by atoms with Crippen molar-refractivity contribution < 1.29 is 28.6 Å². The van der Waals surface area contributed by atoms with E-state index in [0.29, 0.717) is 12.1 Å². The molecular formula is C29H32F2N2O4. The van der Waals surface area contributed by atoms with Crippen molar-refractivity contribution in [3.05, 3.63) is 101 Å². The number of rotatable bonds is 13. The highest BCUT2D eigenvalue weighted by atomic mass is 19.1. The molecule has 3 aromatic carbocycles. The van der Waals surface area contributed by atoms with E-state index in [1.54, 1.807) is 0 Å². The van der Waals surface area contributed by atoms with E-state index in [-0.39, 0.29) is 42.9 Å². The number of aromatic hydroxyl groups is 1. The molecule has 0 heterocycles. The first-order valence-corrected chi connectivity index (χ1v) is 12.3. The number of ketones is 1. The maximum Gasteiger partial charge on any atom is 0.220 e. The fourth-order valence-corrected chi connectivity index (χ4v) is 4.03. The molecule has 0 bridgehead atoms. The highest BCUT2D eigenvalue weighted by Crippen LogP contribution is 2.14. The molecule has 8 heteroatoms. The summed E-state index contributed by atoms with van der Waals surface area (Å²) in [6.07, 6.45) is -0.347. The summed E-state index contributed by atoms with van der Waals surface area (Å²) in [7, 11) is 0. The summed E-state index contributed by atoms with van der Waals surface area (Å²) in [6.45, 7) is 2.70. The van der Waals surface area contributed by atoms with Crippen molar-refractivity contribution in [1.82, 2.24) is 10.6 Å². The molecule has 0 radical (unpaired) electrons. The van der Waals surface area contributed by atoms with E-state index in [9.17, 15) is 28.6 Å². The van der Waals surface area contributed by atoms with Crippen LogP contribution < -0.4 is 10.6 Å². The molecular weight excluding hydrogens is 478 g/mol. The molecule has 0 saturated carbocycles. The molecule has 2 atom stereocenters. The van der Waals surface area contributed by atoms with Gasteiger partial charge in [-0.2, -0.15) is 0 Å². The highest BCUT2D eigenvalue weighted by molar-refractivity contribution is 5.98. The maximum absolute atomic E-state index is 13.7. The molecule has 4 N–H and O–H groups in total. The van der Waals surface area contributed by atoms with Gasteiger partial charge >= 0.3 is 0 Å². The average Bonchev–Trinajstić information content (AvgIpc) is 2.86. The Kier molecular flexibility index (Phi) is 10.3. The van der Waals surface area contributed by atoms with Crippen molar-refractivity contribution in [2.45, 2.75) is 51.3 Å². The second-order valence-electron chi connectivity index (χ2n) is 9.00. The number of hydrogen-bond acceptors (Lipinski definition) is 5. The van der Waals surface area contributed by atoms with Crippen molar-refractivity contribution in [2.75, 3.05) is 6.54 Å². The van der Waals surface area contributed by atoms with Crippen molar-refractivity contribution in [3.8, 4) is 5.75 Å². The first kappa shape index (κ1) is 28.0. The van der Waals surface area contributed by atoms with Crippen LogP contribution in [0.25, 0.3) is 0 Å². The van der Waals surface area contributed by atoms with Gasteiger partial charge in [-0.1, -0.05) is 31.2 Å². The number of halogens is 2. The Labute approximate surface area is 215 Å². The Morgan fingerprint density at radius 1 is 0.892 bits per heavy atom. The van der Waals surface area contributed by atoms with Crippen molar-refractivity contribution in [3.63, 3.8) is 0 Å². The minimum absolute atomic E-state index is 0.000491. The van der Waals surface area contributed by atoms with Gasteiger partial charge in [0.1, 0.15) is 17.4 Å². The zero-order valence-corrected chi connectivity index (χ0v) is 20.7. The Hall–Kier alpha value is -3.62. The van der Waals surface area contributed by atoms with Crippen LogP contribution in [0.4, 0.5) is 8.78 Å². The number of aliphatic hydroxyl groups excluding tert-OH is 1. The third-order valence-corrected chi connectivity index (χ3v) is 6.04. The molecule has 3 rings (SSSR count). The summed E-state index contributed by atoms with van der Waals surface area (Å²) in [6, 6.07) is 16.0. The van der Waals surface area contributed by atoms with Gasteiger partial charge in [-0.15, -0.1) is 0 Å². The maximum atomic E-state index is 13.7. The highest BCUT2D eigenvalue weighted by Gasteiger charge is 2.23. The van der Waals surface area contributed by atoms with Gasteiger partial charge < -0.3 is 20.8 Å². The van der Waals surface area contributed by atoms with Crippen molar-refractivity contribution in [1.29, 1.82) is 0 Å². The Balaban J connectivity index is 1.62. The van der Waals surface area contributed by atoms with Crippen LogP contribution in [0, 0.1) is 11.6 Å². The van der Waals surface area contributed by atoms with E-state index in [2.05, 4.69) is 23.6 Å². The number of hydrogen-bond donors (Lipinski definition) is 4. The van der Waals surface area contributed by atoms with Crippen LogP contribution in [0.2, 0.25) is 0 Å². The predicted molar refractivity (Wildman–Crippen MR) is 137 cm³/mol. The van der Waals surface area contributed by atoms with Crippen LogP contribution in [-0.2, 0) is 24.2 Å². The fourth-order valence-electron chi connectivity index (χ4n) is 4.03. The number of benzene rings is 3. The molecule has 0 aliphatic carbocycles. The minimum atomic E-state index is -1.06. The summed E-state index contributed by atoms with van der Waals surface area (Å²) in [4.78, 5) is 25.0. The lowest BCUT2D eigenvalue weighted by atomic mass is 10.00. The number of amides is 1. The monoisotopic (exact) mass is 510 g/mol. The third kappa shape index (κ3) is 9.08. The second-order valence-corrected chi connectivity index (χ2v) is 9.00. The van der Waals surface area contributed by atoms with Crippen LogP contribution in [0.15, 0.2) is 66.7 Å². The first-order chi connectivity index (χ1) is 17.7. The van der Waals surface area contributed by atoms with Crippen LogP contribution in [0.3, 0.4) is 0 Å². The molecule has 37 heavy (non-hydrogen) atoms. The Bertz CT molecular complexity index is 1180. The molecule has 6 nitrogen and oxygen atoms in total. The number of Topliss-reactive ketones (excluding diaryl/α,β-unsaturated/α-hetero) is 1. The molecule has 0 aliphatic rings. The number of carbonyl (C=O) groups is 2. The van der Waals surface area contributed by atoms with Gasteiger partial charge in [0.25, 0.3) is 0 Å². The van der Waals surface area contributed by atoms with E-state index in [1.807, 2.05) is 18.2 Å². The van der Waals surface area contributed by atoms with Gasteiger partial charge in [-0.3, -0.25) is 9.59 Å². The molecule has 0 aromatic heterocycles. The number of aryl methyl sites for hydroxylation is 1. The van der Waals surface area contributed by atoms with Crippen molar-refractivity contribution in [2.24, 2.45) is 0 Å². The lowest BCUT2D eigenvalue weighted by Gasteiger charge is -2.25. The van der Waals surface area contributed by atoms with Gasteiger partial charge in [0.15, 0.2) is 5.78 Å². The van der Waals surface area contributed by atoms with E-state index >= 15 is 0 Å². The molecule has 3 aromatic rings. The minimum Gasteiger partial charge on any atom is -0.508 e. The van der Waals surface area contributed by atoms with Gasteiger partial charge in [0, 0.05) is 37.6 Å². The summed E-state index contributed by atoms with van der Waals surface area (Å²) in [5.41, 5.74) is 2.90. The second kappa shape index (κ2) is 13.6. The SMILES string of the molecule is CCc1cccc(CNC[C@@H](O)[C@H](Cc2cc(F)cc(F)c2)NC(=O)CCC(=O)c2ccc(O)cc2)c1. The van der Waals surface area contributed by atoms with Crippen LogP contribution in [-0.4, -0.2) is 40.6 Å². The molecule has 0 fully saturated rings. The zero-order valence-electron chi connectivity index (χ0n) is 20.7. The normalized spacial score (nSPS) is 12.6. The van der Waals surface area contributed by atoms with E-state index in [4.69, 9.17) is 0 Å². The van der Waals surface area contributed by atoms with Gasteiger partial charge in [-0.05, 0) is 65.9 Å². The third-order valence-electron chi connectivity index (χ3n) is 6.04. The summed E-state index contributed by atoms with van der Waals surface area (Å²) < 4.78 is 27.5. The molecule has 1 amide bonds. The molecule has 196 valence electrons. The Morgan fingerprint density at radius 3 is 2.24 bits per heavy atom. The average molecular weight is 511 g/mol. The lowest BCUT2D eigenvalue weighted by Crippen LogP contribution is -2.48. The molecule has 0 unspecified atom stereocenters. The van der Waals surface area contributed by atoms with E-state index in [0.717, 1.165) is 30.2 Å². The number of phenols is 1. The number of carbonyl (C=O) groups excluding carboxylic acids is 2. The number of nitrogens with one attached hydrogen (secondary N) is 2. The lowest BCUT2D eigenvalue weighted by molar-refractivity contribution is -0.122. The Morgan fingerprint density at radius 2 is 1.57 bits per heavy atom. The topological polar surface area (TPSA) is 98.7 Å². The predicted octanol–water partition coefficient (Wildman–Crippen LogP) is 4.07. The quantitative estimate of drug-likeness (QED) is 0.260. The largest absolute Gasteiger partial charge is 0.508 e. The molecule has 0 spiro atoms. The summed E-state index contributed by atoms with van der Waals surface area (Å²) in [5.74, 6) is -2.20. The molecule has 0 saturated heterocycles. The van der Waals surface area contributed by atoms with Gasteiger partial charge in [0.05, 0.1) is 12.1 Å².